The van der Waals surface area contributed by atoms with Gasteiger partial charge in [-0.25, -0.2) is 13.7 Å². The number of alkyl halides is 1. The first kappa shape index (κ1) is 20.3. The first-order chi connectivity index (χ1) is 13.1. The van der Waals surface area contributed by atoms with E-state index >= 15 is 4.39 Å². The van der Waals surface area contributed by atoms with E-state index in [0.717, 1.165) is 4.57 Å². The molecule has 1 aliphatic heterocycles. The number of nitrogens with two attached hydrogens (primary N) is 2. The van der Waals surface area contributed by atoms with E-state index in [2.05, 4.69) is 4.98 Å². The van der Waals surface area contributed by atoms with Gasteiger partial charge in [-0.15, -0.1) is 4.52 Å². The fourth-order valence-electron chi connectivity index (χ4n) is 2.78. The Kier molecular flexibility index (Phi) is 5.46. The van der Waals surface area contributed by atoms with Gasteiger partial charge in [-0.1, -0.05) is 18.2 Å². The Bertz CT molecular complexity index is 927. The third kappa shape index (κ3) is 3.89. The van der Waals surface area contributed by atoms with Crippen LogP contribution in [0.1, 0.15) is 13.2 Å². The van der Waals surface area contributed by atoms with Gasteiger partial charge in [0.15, 0.2) is 18.6 Å². The Morgan fingerprint density at radius 2 is 2.07 bits per heavy atom. The maximum atomic E-state index is 15.2. The van der Waals surface area contributed by atoms with Crippen LogP contribution in [-0.4, -0.2) is 38.8 Å². The number of ether oxygens (including phenoxy) is 1. The number of aromatic nitrogens is 2. The molecule has 3 rings (SSSR count). The van der Waals surface area contributed by atoms with Crippen molar-refractivity contribution in [2.24, 2.45) is 5.73 Å². The maximum Gasteiger partial charge on any atom is 0.750 e. The summed E-state index contributed by atoms with van der Waals surface area (Å²) >= 11 is 0. The summed E-state index contributed by atoms with van der Waals surface area (Å²) < 4.78 is 43.2. The summed E-state index contributed by atoms with van der Waals surface area (Å²) in [6.07, 6.45) is -2.10. The molecule has 0 radical (unpaired) electrons. The molecule has 0 aliphatic carbocycles. The average molecular weight is 413 g/mol. The van der Waals surface area contributed by atoms with E-state index in [0.29, 0.717) is 0 Å². The van der Waals surface area contributed by atoms with Crippen LogP contribution < -0.4 is 21.7 Å². The smallest absolute Gasteiger partial charge is 0.385 e. The molecule has 0 bridgehead atoms. The van der Waals surface area contributed by atoms with Crippen molar-refractivity contribution in [2.75, 3.05) is 12.3 Å². The van der Waals surface area contributed by atoms with Gasteiger partial charge in [-0.05, 0) is 25.1 Å². The Balaban J connectivity index is 1.74. The number of rotatable bonds is 6. The van der Waals surface area contributed by atoms with Crippen LogP contribution in [0.25, 0.3) is 0 Å². The van der Waals surface area contributed by atoms with Gasteiger partial charge in [0.2, 0.25) is 0 Å². The number of aliphatic hydroxyl groups excluding tert-OH is 1. The van der Waals surface area contributed by atoms with Crippen molar-refractivity contribution in [1.82, 2.24) is 9.55 Å². The van der Waals surface area contributed by atoms with Crippen LogP contribution in [0, 0.1) is 0 Å². The van der Waals surface area contributed by atoms with E-state index in [-0.39, 0.29) is 11.6 Å². The van der Waals surface area contributed by atoms with E-state index in [4.69, 9.17) is 25.3 Å². The lowest BCUT2D eigenvalue weighted by molar-refractivity contribution is -0.203. The second kappa shape index (κ2) is 7.53. The highest BCUT2D eigenvalue weighted by Crippen LogP contribution is 2.44. The highest BCUT2D eigenvalue weighted by Gasteiger charge is 2.63. The average Bonchev–Trinajstić information content (AvgIpc) is 2.82. The van der Waals surface area contributed by atoms with E-state index in [1.54, 1.807) is 18.2 Å². The highest BCUT2D eigenvalue weighted by molar-refractivity contribution is 7.33. The predicted molar refractivity (Wildman–Crippen MR) is 96.1 cm³/mol. The lowest BCUT2D eigenvalue weighted by atomic mass is 9.92. The van der Waals surface area contributed by atoms with Gasteiger partial charge in [0, 0.05) is 10.8 Å². The van der Waals surface area contributed by atoms with Gasteiger partial charge in [-0.3, -0.25) is 4.57 Å². The fourth-order valence-corrected chi connectivity index (χ4v) is 3.41. The Labute approximate surface area is 159 Å². The molecule has 12 heteroatoms. The zero-order valence-corrected chi connectivity index (χ0v) is 15.7. The molecule has 150 valence electrons. The molecule has 1 saturated heterocycles. The maximum absolute atomic E-state index is 15.2. The van der Waals surface area contributed by atoms with Crippen molar-refractivity contribution >= 4 is 14.1 Å². The van der Waals surface area contributed by atoms with Gasteiger partial charge < -0.3 is 21.3 Å². The molecule has 5 N–H and O–H groups in total. The van der Waals surface area contributed by atoms with Crippen LogP contribution in [0.2, 0.25) is 0 Å². The molecule has 10 nitrogen and oxygen atoms in total. The summed E-state index contributed by atoms with van der Waals surface area (Å²) in [7, 11) is -2.75. The van der Waals surface area contributed by atoms with E-state index < -0.39 is 44.3 Å². The number of aliphatic hydroxyl groups is 1. The number of hydrogen-bond donors (Lipinski definition) is 3. The first-order valence-electron chi connectivity index (χ1n) is 8.15. The minimum Gasteiger partial charge on any atom is -0.385 e. The summed E-state index contributed by atoms with van der Waals surface area (Å²) in [5, 5.41) is 10.4. The number of anilines is 1. The quantitative estimate of drug-likeness (QED) is 0.585. The van der Waals surface area contributed by atoms with Crippen LogP contribution in [0.5, 0.6) is 5.75 Å². The molecule has 0 spiro atoms. The minimum atomic E-state index is -2.85. The third-order valence-corrected chi connectivity index (χ3v) is 4.93. The van der Waals surface area contributed by atoms with Crippen LogP contribution in [-0.2, 0) is 13.8 Å². The van der Waals surface area contributed by atoms with E-state index in [9.17, 15) is 14.5 Å². The normalized spacial score (nSPS) is 30.2. The molecule has 0 amide bonds. The van der Waals surface area contributed by atoms with Crippen LogP contribution in [0.4, 0.5) is 10.2 Å². The predicted octanol–water partition coefficient (Wildman–Crippen LogP) is 0.851. The van der Waals surface area contributed by atoms with Crippen molar-refractivity contribution in [1.29, 1.82) is 0 Å². The fraction of sp³-hybridized carbons (Fsp3) is 0.375. The summed E-state index contributed by atoms with van der Waals surface area (Å²) in [5.41, 5.74) is 8.88. The Morgan fingerprint density at radius 1 is 1.39 bits per heavy atom. The molecule has 1 aliphatic rings. The molecule has 2 aromatic rings. The van der Waals surface area contributed by atoms with Gasteiger partial charge >= 0.3 is 13.9 Å². The van der Waals surface area contributed by atoms with Crippen LogP contribution in [0.3, 0.4) is 0 Å². The van der Waals surface area contributed by atoms with Crippen LogP contribution in [0.15, 0.2) is 47.4 Å². The largest absolute Gasteiger partial charge is 0.750 e. The van der Waals surface area contributed by atoms with Crippen molar-refractivity contribution in [3.05, 3.63) is 53.1 Å². The summed E-state index contributed by atoms with van der Waals surface area (Å²) in [4.78, 5) is 15.6. The molecule has 1 unspecified atom stereocenters. The highest BCUT2D eigenvalue weighted by atomic mass is 31.1. The lowest BCUT2D eigenvalue weighted by Gasteiger charge is -2.28. The second-order valence-electron chi connectivity index (χ2n) is 6.47. The molecule has 0 saturated carbocycles. The van der Waals surface area contributed by atoms with E-state index in [1.807, 2.05) is 0 Å². The standard InChI is InChI=1S/C16H18FN4O6P/c1-15(19)12(22)16(17,9-25-28(24)27-10-5-3-2-4-6-10)26-13(15)21-8-7-11(18)20-14(21)23/h2-8,12-13,22H,9,19H2,1H3,(H-,18,20,23)/p+1/t12-,13+,15+,16+/m0/s1. The molecule has 1 fully saturated rings. The molecule has 1 aromatic carbocycles. The number of benzene rings is 1. The number of hydrogen-bond acceptors (Lipinski definition) is 9. The Morgan fingerprint density at radius 3 is 2.71 bits per heavy atom. The van der Waals surface area contributed by atoms with Crippen molar-refractivity contribution < 1.29 is 27.8 Å². The molecular weight excluding hydrogens is 394 g/mol. The summed E-state index contributed by atoms with van der Waals surface area (Å²) in [6.45, 7) is 0.351. The molecular formula is C16H19FN4O6P+. The molecule has 2 heterocycles. The Hall–Kier alpha value is -2.43. The SMILES string of the molecule is C[C@]1(N)[C@H](n2ccc(N)nc2=O)O[C@](F)(CO[P+](=O)Oc2ccccc2)[C@H]1O. The van der Waals surface area contributed by atoms with Crippen LogP contribution >= 0.6 is 8.25 Å². The topological polar surface area (TPSA) is 152 Å². The molecule has 28 heavy (non-hydrogen) atoms. The zero-order chi connectivity index (χ0) is 20.5. The third-order valence-electron chi connectivity index (χ3n) is 4.23. The number of para-hydroxylation sites is 1. The van der Waals surface area contributed by atoms with Gasteiger partial charge in [0.05, 0.1) is 5.54 Å². The summed E-state index contributed by atoms with van der Waals surface area (Å²) in [6, 6.07) is 9.42. The lowest BCUT2D eigenvalue weighted by Crippen LogP contribution is -2.55. The van der Waals surface area contributed by atoms with Crippen molar-refractivity contribution in [3.8, 4) is 5.75 Å². The van der Waals surface area contributed by atoms with Crippen molar-refractivity contribution in [2.45, 2.75) is 30.6 Å². The summed E-state index contributed by atoms with van der Waals surface area (Å²) in [5.74, 6) is -2.63. The monoisotopic (exact) mass is 413 g/mol. The van der Waals surface area contributed by atoms with Gasteiger partial charge in [0.1, 0.15) is 11.9 Å². The second-order valence-corrected chi connectivity index (χ2v) is 7.36. The molecule has 5 atom stereocenters. The zero-order valence-electron chi connectivity index (χ0n) is 14.8. The number of nitrogen functional groups attached to an aromatic ring is 1. The minimum absolute atomic E-state index is 0.0385. The number of nitrogens with zero attached hydrogens (tertiary/aromatic N) is 2. The van der Waals surface area contributed by atoms with Gasteiger partial charge in [-0.2, -0.15) is 4.98 Å². The van der Waals surface area contributed by atoms with Crippen molar-refractivity contribution in [3.63, 3.8) is 0 Å². The van der Waals surface area contributed by atoms with Gasteiger partial charge in [0.25, 0.3) is 5.85 Å². The number of halogens is 1. The first-order valence-corrected chi connectivity index (χ1v) is 9.24. The molecule has 1 aromatic heterocycles. The van der Waals surface area contributed by atoms with E-state index in [1.165, 1.54) is 31.3 Å².